The molecule has 1 aromatic rings. The van der Waals surface area contributed by atoms with E-state index in [1.54, 1.807) is 7.11 Å². The summed E-state index contributed by atoms with van der Waals surface area (Å²) in [5.41, 5.74) is 1.19. The quantitative estimate of drug-likeness (QED) is 0.761. The van der Waals surface area contributed by atoms with E-state index in [0.717, 1.165) is 37.4 Å². The van der Waals surface area contributed by atoms with Crippen LogP contribution in [0.2, 0.25) is 0 Å². The Bertz CT molecular complexity index is 402. The minimum absolute atomic E-state index is 0.0379. The first kappa shape index (κ1) is 18.0. The Morgan fingerprint density at radius 3 is 2.29 bits per heavy atom. The largest absolute Gasteiger partial charge is 0.493 e. The van der Waals surface area contributed by atoms with E-state index >= 15 is 0 Å². The predicted octanol–water partition coefficient (Wildman–Crippen LogP) is 2.68. The maximum Gasteiger partial charge on any atom is 0.161 e. The van der Waals surface area contributed by atoms with Gasteiger partial charge in [0.15, 0.2) is 5.75 Å². The molecule has 0 fully saturated rings. The summed E-state index contributed by atoms with van der Waals surface area (Å²) in [6.45, 7) is 10.5. The number of rotatable bonds is 9. The molecule has 1 aromatic heterocycles. The highest BCUT2D eigenvalue weighted by molar-refractivity contribution is 5.31. The number of nitrogens with one attached hydrogen (secondary N) is 1. The Hall–Kier alpha value is -1.07. The molecule has 0 saturated heterocycles. The zero-order valence-corrected chi connectivity index (χ0v) is 14.7. The molecule has 0 saturated carbocycles. The molecule has 0 spiro atoms. The maximum absolute atomic E-state index is 5.58. The van der Waals surface area contributed by atoms with E-state index in [0.29, 0.717) is 0 Å². The topological polar surface area (TPSA) is 42.3 Å². The number of ether oxygens (including phenoxy) is 1. The molecule has 1 N–H and O–H groups in total. The van der Waals surface area contributed by atoms with Gasteiger partial charge in [-0.15, -0.1) is 0 Å². The van der Waals surface area contributed by atoms with Gasteiger partial charge in [-0.3, -0.25) is 4.68 Å². The SMILES string of the molecule is CCNC(c1c(OC)cnn1CC)C(CC)(CC)N(C)C. The van der Waals surface area contributed by atoms with Crippen LogP contribution in [-0.4, -0.2) is 48.0 Å². The van der Waals surface area contributed by atoms with Crippen molar-refractivity contribution in [2.75, 3.05) is 27.7 Å². The molecule has 122 valence electrons. The van der Waals surface area contributed by atoms with Crippen molar-refractivity contribution in [1.82, 2.24) is 20.0 Å². The molecule has 0 aliphatic carbocycles. The summed E-state index contributed by atoms with van der Waals surface area (Å²) >= 11 is 0. The molecule has 0 amide bonds. The van der Waals surface area contributed by atoms with Gasteiger partial charge in [0.1, 0.15) is 0 Å². The summed E-state index contributed by atoms with van der Waals surface area (Å²) in [6, 6.07) is 0.185. The Morgan fingerprint density at radius 1 is 1.29 bits per heavy atom. The number of likely N-dealkylation sites (N-methyl/N-ethyl adjacent to an activating group) is 2. The van der Waals surface area contributed by atoms with Crippen molar-refractivity contribution in [3.63, 3.8) is 0 Å². The van der Waals surface area contributed by atoms with E-state index < -0.39 is 0 Å². The van der Waals surface area contributed by atoms with Crippen LogP contribution in [0.25, 0.3) is 0 Å². The van der Waals surface area contributed by atoms with Crippen LogP contribution >= 0.6 is 0 Å². The summed E-state index contributed by atoms with van der Waals surface area (Å²) in [6.07, 6.45) is 3.95. The lowest BCUT2D eigenvalue weighted by molar-refractivity contribution is 0.0835. The van der Waals surface area contributed by atoms with Gasteiger partial charge in [-0.05, 0) is 40.4 Å². The lowest BCUT2D eigenvalue weighted by atomic mass is 9.81. The molecule has 5 nitrogen and oxygen atoms in total. The molecule has 1 atom stereocenters. The monoisotopic (exact) mass is 296 g/mol. The number of aromatic nitrogens is 2. The van der Waals surface area contributed by atoms with Crippen LogP contribution in [-0.2, 0) is 6.54 Å². The molecule has 21 heavy (non-hydrogen) atoms. The van der Waals surface area contributed by atoms with E-state index in [2.05, 4.69) is 61.8 Å². The number of aryl methyl sites for hydroxylation is 1. The first-order chi connectivity index (χ1) is 10.0. The van der Waals surface area contributed by atoms with Crippen molar-refractivity contribution < 1.29 is 4.74 Å². The van der Waals surface area contributed by atoms with Gasteiger partial charge < -0.3 is 15.0 Å². The predicted molar refractivity (Wildman–Crippen MR) is 87.9 cm³/mol. The second-order valence-electron chi connectivity index (χ2n) is 5.61. The number of hydrogen-bond acceptors (Lipinski definition) is 4. The van der Waals surface area contributed by atoms with Crippen molar-refractivity contribution in [2.45, 2.75) is 58.7 Å². The first-order valence-corrected chi connectivity index (χ1v) is 8.02. The van der Waals surface area contributed by atoms with Gasteiger partial charge in [0.05, 0.1) is 25.0 Å². The second-order valence-corrected chi connectivity index (χ2v) is 5.61. The zero-order valence-electron chi connectivity index (χ0n) is 14.7. The highest BCUT2D eigenvalue weighted by Gasteiger charge is 2.41. The normalized spacial score (nSPS) is 13.7. The van der Waals surface area contributed by atoms with Gasteiger partial charge in [-0.25, -0.2) is 0 Å². The highest BCUT2D eigenvalue weighted by Crippen LogP contribution is 2.39. The van der Waals surface area contributed by atoms with Crippen LogP contribution < -0.4 is 10.1 Å². The zero-order chi connectivity index (χ0) is 16.0. The fourth-order valence-electron chi connectivity index (χ4n) is 3.37. The molecular weight excluding hydrogens is 264 g/mol. The molecule has 0 aliphatic heterocycles. The van der Waals surface area contributed by atoms with E-state index in [9.17, 15) is 0 Å². The van der Waals surface area contributed by atoms with Crippen LogP contribution in [0.15, 0.2) is 6.20 Å². The fourth-order valence-corrected chi connectivity index (χ4v) is 3.37. The van der Waals surface area contributed by atoms with Crippen molar-refractivity contribution in [3.8, 4) is 5.75 Å². The third-order valence-electron chi connectivity index (χ3n) is 4.70. The second kappa shape index (κ2) is 7.80. The van der Waals surface area contributed by atoms with Crippen LogP contribution in [0.4, 0.5) is 0 Å². The van der Waals surface area contributed by atoms with Crippen molar-refractivity contribution in [3.05, 3.63) is 11.9 Å². The fraction of sp³-hybridized carbons (Fsp3) is 0.812. The van der Waals surface area contributed by atoms with E-state index in [4.69, 9.17) is 4.74 Å². The first-order valence-electron chi connectivity index (χ1n) is 8.02. The number of nitrogens with zero attached hydrogens (tertiary/aromatic N) is 3. The summed E-state index contributed by atoms with van der Waals surface area (Å²) in [7, 11) is 6.05. The Balaban J connectivity index is 3.44. The lowest BCUT2D eigenvalue weighted by Crippen LogP contribution is -2.53. The minimum atomic E-state index is 0.0379. The van der Waals surface area contributed by atoms with Gasteiger partial charge in [-0.1, -0.05) is 20.8 Å². The van der Waals surface area contributed by atoms with Gasteiger partial charge in [-0.2, -0.15) is 5.10 Å². The summed E-state index contributed by atoms with van der Waals surface area (Å²) in [5, 5.41) is 8.16. The molecule has 0 bridgehead atoms. The Labute approximate surface area is 129 Å². The molecule has 1 unspecified atom stereocenters. The van der Waals surface area contributed by atoms with E-state index in [1.165, 1.54) is 0 Å². The minimum Gasteiger partial charge on any atom is -0.493 e. The number of methoxy groups -OCH3 is 1. The lowest BCUT2D eigenvalue weighted by Gasteiger charge is -2.45. The van der Waals surface area contributed by atoms with Crippen LogP contribution in [0.3, 0.4) is 0 Å². The molecule has 5 heteroatoms. The standard InChI is InChI=1S/C16H32N4O/c1-8-16(9-2,19(5)6)15(17-10-3)14-13(21-7)12-18-20(14)11-4/h12,15,17H,8-11H2,1-7H3. The van der Waals surface area contributed by atoms with Gasteiger partial charge in [0.2, 0.25) is 0 Å². The summed E-state index contributed by atoms with van der Waals surface area (Å²) in [5.74, 6) is 0.871. The summed E-state index contributed by atoms with van der Waals surface area (Å²) < 4.78 is 7.63. The van der Waals surface area contributed by atoms with Gasteiger partial charge in [0, 0.05) is 12.1 Å². The Morgan fingerprint density at radius 2 is 1.90 bits per heavy atom. The van der Waals surface area contributed by atoms with Crippen LogP contribution in [0.5, 0.6) is 5.75 Å². The van der Waals surface area contributed by atoms with Crippen LogP contribution in [0, 0.1) is 0 Å². The Kier molecular flexibility index (Phi) is 6.68. The molecule has 1 rings (SSSR count). The maximum atomic E-state index is 5.58. The number of hydrogen-bond donors (Lipinski definition) is 1. The van der Waals surface area contributed by atoms with Crippen molar-refractivity contribution >= 4 is 0 Å². The molecule has 0 radical (unpaired) electrons. The van der Waals surface area contributed by atoms with Crippen LogP contribution in [0.1, 0.15) is 52.3 Å². The molecule has 0 aliphatic rings. The van der Waals surface area contributed by atoms with Crippen molar-refractivity contribution in [1.29, 1.82) is 0 Å². The van der Waals surface area contributed by atoms with E-state index in [-0.39, 0.29) is 11.6 Å². The summed E-state index contributed by atoms with van der Waals surface area (Å²) in [4.78, 5) is 2.34. The highest BCUT2D eigenvalue weighted by atomic mass is 16.5. The molecular formula is C16H32N4O. The van der Waals surface area contributed by atoms with Gasteiger partial charge in [0.25, 0.3) is 0 Å². The average Bonchev–Trinajstić information content (AvgIpc) is 2.90. The molecule has 1 heterocycles. The third-order valence-corrected chi connectivity index (χ3v) is 4.70. The van der Waals surface area contributed by atoms with Gasteiger partial charge >= 0.3 is 0 Å². The van der Waals surface area contributed by atoms with E-state index in [1.807, 2.05) is 6.20 Å². The average molecular weight is 296 g/mol. The smallest absolute Gasteiger partial charge is 0.161 e. The van der Waals surface area contributed by atoms with Crippen molar-refractivity contribution in [2.24, 2.45) is 0 Å². The third kappa shape index (κ3) is 3.24. The molecule has 0 aromatic carbocycles.